The average Bonchev–Trinajstić information content (AvgIpc) is 3.60. The van der Waals surface area contributed by atoms with Gasteiger partial charge in [0.2, 0.25) is 5.91 Å². The lowest BCUT2D eigenvalue weighted by molar-refractivity contribution is -0.138. The zero-order valence-electron chi connectivity index (χ0n) is 26.1. The van der Waals surface area contributed by atoms with Crippen molar-refractivity contribution in [3.8, 4) is 0 Å². The number of amides is 2. The number of aliphatic carboxylic acids is 2. The number of carbonyl (C=O) groups excluding carboxylic acids is 2. The first-order chi connectivity index (χ1) is 20.9. The molecule has 2 aliphatic heterocycles. The number of hydrogen-bond acceptors (Lipinski definition) is 4. The first-order valence-corrected chi connectivity index (χ1v) is 15.0. The van der Waals surface area contributed by atoms with Crippen LogP contribution in [0.15, 0.2) is 33.5 Å². The summed E-state index contributed by atoms with van der Waals surface area (Å²) >= 11 is 0. The molecule has 1 saturated heterocycles. The van der Waals surface area contributed by atoms with Crippen molar-refractivity contribution in [1.29, 1.82) is 0 Å². The van der Waals surface area contributed by atoms with Gasteiger partial charge in [-0.1, -0.05) is 19.9 Å². The Hall–Kier alpha value is -4.73. The molecule has 2 aliphatic rings. The largest absolute Gasteiger partial charge is 0.481 e. The summed E-state index contributed by atoms with van der Waals surface area (Å²) in [5.41, 5.74) is 8.47. The smallest absolute Gasteiger partial charge is 0.303 e. The summed E-state index contributed by atoms with van der Waals surface area (Å²) in [6.07, 6.45) is 9.38. The van der Waals surface area contributed by atoms with Gasteiger partial charge in [-0.05, 0) is 105 Å². The van der Waals surface area contributed by atoms with Gasteiger partial charge in [0.1, 0.15) is 0 Å². The van der Waals surface area contributed by atoms with Gasteiger partial charge in [0.05, 0.1) is 11.6 Å². The van der Waals surface area contributed by atoms with E-state index in [-0.39, 0.29) is 43.4 Å². The second-order valence-electron chi connectivity index (χ2n) is 11.3. The van der Waals surface area contributed by atoms with E-state index in [0.717, 1.165) is 50.9 Å². The maximum atomic E-state index is 12.5. The van der Waals surface area contributed by atoms with Gasteiger partial charge in [-0.3, -0.25) is 19.2 Å². The molecular weight excluding hydrogens is 560 g/mol. The number of H-pyrrole nitrogens is 2. The summed E-state index contributed by atoms with van der Waals surface area (Å²) in [6.45, 7) is 11.5. The molecule has 0 aliphatic carbocycles. The van der Waals surface area contributed by atoms with Crippen molar-refractivity contribution in [2.24, 2.45) is 10.9 Å². The third kappa shape index (κ3) is 6.59. The Balaban J connectivity index is 1.91. The molecule has 5 N–H and O–H groups in total. The van der Waals surface area contributed by atoms with Crippen LogP contribution >= 0.6 is 0 Å². The van der Waals surface area contributed by atoms with Crippen LogP contribution in [0.5, 0.6) is 0 Å². The number of hydrogen-bond donors (Lipinski definition) is 5. The second-order valence-corrected chi connectivity index (χ2v) is 11.3. The minimum Gasteiger partial charge on any atom is -0.481 e. The Morgan fingerprint density at radius 3 is 2.11 bits per heavy atom. The molecule has 0 bridgehead atoms. The standard InChI is InChI=1S/C34H40N4O6/c1-7-9-22-20(6)33(43)38-30(22)15-26-19(5)24(11-13-32(41)42)29(36-26)16-28-23(10-12-31(39)40)18(4)25(35-28)14-27-17(3)21(8-2)34(44)37-27/h9,14-16,20,35-36H,7-8,10-13H2,1-6H3,(H,38,43)(H,39,40)(H,41,42)/b22-9+,25-14-,28-16-,30-15-/t20-/m1/s1. The van der Waals surface area contributed by atoms with Crippen LogP contribution in [0.3, 0.4) is 0 Å². The molecular formula is C34H40N4O6. The number of aromatic nitrogens is 2. The minimum atomic E-state index is -0.922. The summed E-state index contributed by atoms with van der Waals surface area (Å²) in [5, 5.41) is 23.3. The molecule has 44 heavy (non-hydrogen) atoms. The minimum absolute atomic E-state index is 0.0712. The predicted molar refractivity (Wildman–Crippen MR) is 169 cm³/mol. The van der Waals surface area contributed by atoms with Crippen LogP contribution < -0.4 is 16.0 Å². The van der Waals surface area contributed by atoms with Gasteiger partial charge < -0.3 is 25.5 Å². The first kappa shape index (κ1) is 32.2. The van der Waals surface area contributed by atoms with E-state index in [4.69, 9.17) is 0 Å². The van der Waals surface area contributed by atoms with E-state index in [9.17, 15) is 29.4 Å². The monoisotopic (exact) mass is 600 g/mol. The lowest BCUT2D eigenvalue weighted by Crippen LogP contribution is -2.16. The zero-order valence-corrected chi connectivity index (χ0v) is 26.1. The number of nitrogens with zero attached hydrogens (tertiary/aromatic N) is 1. The molecule has 10 heteroatoms. The highest BCUT2D eigenvalue weighted by Crippen LogP contribution is 2.30. The van der Waals surface area contributed by atoms with Gasteiger partial charge in [-0.25, -0.2) is 4.99 Å². The molecule has 1 atom stereocenters. The fraction of sp³-hybridized carbons (Fsp3) is 0.382. The van der Waals surface area contributed by atoms with Crippen LogP contribution in [0.2, 0.25) is 0 Å². The number of carboxylic acids is 2. The zero-order chi connectivity index (χ0) is 32.3. The van der Waals surface area contributed by atoms with Crippen molar-refractivity contribution in [3.05, 3.63) is 72.8 Å². The maximum Gasteiger partial charge on any atom is 0.303 e. The SMILES string of the molecule is CC/C=C1/C(=C/c2[nH]c(/C=c3\[nH]/c(=C\C4=NC(=O)C(CC)=C4C)c(C)c3CCC(=O)O)c(CCC(=O)O)c2C)NC(=O)[C@@H]1C. The Labute approximate surface area is 256 Å². The van der Waals surface area contributed by atoms with Gasteiger partial charge >= 0.3 is 11.9 Å². The topological polar surface area (TPSA) is 165 Å². The number of nitrogens with one attached hydrogen (secondary N) is 3. The summed E-state index contributed by atoms with van der Waals surface area (Å²) in [5.74, 6) is -2.42. The van der Waals surface area contributed by atoms with Gasteiger partial charge in [-0.2, -0.15) is 0 Å². The van der Waals surface area contributed by atoms with E-state index >= 15 is 0 Å². The summed E-state index contributed by atoms with van der Waals surface area (Å²) in [7, 11) is 0. The lowest BCUT2D eigenvalue weighted by Gasteiger charge is -2.03. The second kappa shape index (κ2) is 13.3. The van der Waals surface area contributed by atoms with Crippen LogP contribution in [0.25, 0.3) is 18.2 Å². The number of rotatable bonds is 11. The number of aromatic amines is 2. The van der Waals surface area contributed by atoms with Crippen molar-refractivity contribution in [3.63, 3.8) is 0 Å². The number of carbonyl (C=O) groups is 4. The van der Waals surface area contributed by atoms with Crippen molar-refractivity contribution >= 4 is 47.7 Å². The highest BCUT2D eigenvalue weighted by molar-refractivity contribution is 6.30. The molecule has 0 radical (unpaired) electrons. The van der Waals surface area contributed by atoms with Crippen LogP contribution in [0.4, 0.5) is 0 Å². The number of carboxylic acid groups (broad SMARTS) is 2. The number of allylic oxidation sites excluding steroid dienone is 3. The molecule has 2 aromatic rings. The summed E-state index contributed by atoms with van der Waals surface area (Å²) in [4.78, 5) is 59.0. The third-order valence-electron chi connectivity index (χ3n) is 8.46. The fourth-order valence-electron chi connectivity index (χ4n) is 5.87. The Bertz CT molecular complexity index is 1790. The first-order valence-electron chi connectivity index (χ1n) is 15.0. The molecule has 4 heterocycles. The van der Waals surface area contributed by atoms with Gasteiger partial charge in [0.15, 0.2) is 0 Å². The van der Waals surface area contributed by atoms with Crippen LogP contribution in [-0.4, -0.2) is 49.6 Å². The highest BCUT2D eigenvalue weighted by atomic mass is 16.4. The van der Waals surface area contributed by atoms with E-state index in [1.807, 2.05) is 65.8 Å². The lowest BCUT2D eigenvalue weighted by atomic mass is 9.99. The molecule has 0 aromatic carbocycles. The van der Waals surface area contributed by atoms with Crippen LogP contribution in [0.1, 0.15) is 87.0 Å². The third-order valence-corrected chi connectivity index (χ3v) is 8.46. The summed E-state index contributed by atoms with van der Waals surface area (Å²) in [6, 6.07) is 0. The quantitative estimate of drug-likeness (QED) is 0.264. The van der Waals surface area contributed by atoms with E-state index in [2.05, 4.69) is 20.3 Å². The average molecular weight is 601 g/mol. The van der Waals surface area contributed by atoms with E-state index in [0.29, 0.717) is 34.4 Å². The van der Waals surface area contributed by atoms with E-state index < -0.39 is 11.9 Å². The Morgan fingerprint density at radius 1 is 0.864 bits per heavy atom. The molecule has 1 fully saturated rings. The predicted octanol–water partition coefficient (Wildman–Crippen LogP) is 3.75. The van der Waals surface area contributed by atoms with E-state index in [1.165, 1.54) is 0 Å². The Kier molecular flexibility index (Phi) is 9.71. The maximum absolute atomic E-state index is 12.5. The van der Waals surface area contributed by atoms with Crippen LogP contribution in [-0.2, 0) is 32.0 Å². The molecule has 0 unspecified atom stereocenters. The molecule has 2 amide bonds. The summed E-state index contributed by atoms with van der Waals surface area (Å²) < 4.78 is 0. The van der Waals surface area contributed by atoms with Crippen molar-refractivity contribution < 1.29 is 29.4 Å². The van der Waals surface area contributed by atoms with E-state index in [1.54, 1.807) is 0 Å². The molecule has 232 valence electrons. The number of aliphatic imine (C=N–C) groups is 1. The van der Waals surface area contributed by atoms with Crippen molar-refractivity contribution in [2.75, 3.05) is 0 Å². The van der Waals surface area contributed by atoms with Crippen molar-refractivity contribution in [2.45, 2.75) is 80.1 Å². The molecule has 2 aromatic heterocycles. The van der Waals surface area contributed by atoms with Gasteiger partial charge in [0.25, 0.3) is 5.91 Å². The fourth-order valence-corrected chi connectivity index (χ4v) is 5.87. The Morgan fingerprint density at radius 2 is 1.52 bits per heavy atom. The highest BCUT2D eigenvalue weighted by Gasteiger charge is 2.29. The van der Waals surface area contributed by atoms with Gasteiger partial charge in [0, 0.05) is 46.2 Å². The molecule has 10 nitrogen and oxygen atoms in total. The van der Waals surface area contributed by atoms with Crippen molar-refractivity contribution in [1.82, 2.24) is 15.3 Å². The molecule has 0 spiro atoms. The van der Waals surface area contributed by atoms with Gasteiger partial charge in [-0.15, -0.1) is 0 Å². The molecule has 0 saturated carbocycles. The molecule has 4 rings (SSSR count). The normalized spacial score (nSPS) is 19.6. The van der Waals surface area contributed by atoms with Crippen LogP contribution in [0, 0.1) is 19.8 Å².